The third-order valence-corrected chi connectivity index (χ3v) is 9.83. The fraction of sp³-hybridized carbons (Fsp3) is 1.00. The molecule has 0 aliphatic carbocycles. The Kier molecular flexibility index (Phi) is 9.37. The first-order chi connectivity index (χ1) is 10.7. The molecular formula is C16H38N4OP+. The van der Waals surface area contributed by atoms with Gasteiger partial charge in [-0.05, 0) is 41.5 Å². The van der Waals surface area contributed by atoms with E-state index < -0.39 is 7.87 Å². The molecule has 1 saturated heterocycles. The van der Waals surface area contributed by atoms with Gasteiger partial charge in [0.15, 0.2) is 0 Å². The summed E-state index contributed by atoms with van der Waals surface area (Å²) in [7, 11) is -1.65. The third kappa shape index (κ3) is 3.82. The van der Waals surface area contributed by atoms with E-state index in [9.17, 15) is 0 Å². The standard InChI is InChI=1S/C16H38N4OP/c1-7-17(8-2)22(18(9-3)10-4,19(11-5)12-6)20-13-15-21-16-14-20/h7-16H2,1-6H3/q+1. The van der Waals surface area contributed by atoms with E-state index in [-0.39, 0.29) is 0 Å². The van der Waals surface area contributed by atoms with E-state index in [0.717, 1.165) is 65.6 Å². The van der Waals surface area contributed by atoms with E-state index in [1.165, 1.54) is 0 Å². The van der Waals surface area contributed by atoms with Crippen molar-refractivity contribution in [1.82, 2.24) is 18.7 Å². The van der Waals surface area contributed by atoms with Gasteiger partial charge in [0, 0.05) is 39.3 Å². The molecule has 0 aromatic heterocycles. The lowest BCUT2D eigenvalue weighted by atomic mass is 10.5. The molecule has 5 nitrogen and oxygen atoms in total. The van der Waals surface area contributed by atoms with E-state index in [4.69, 9.17) is 4.74 Å². The zero-order chi connectivity index (χ0) is 16.6. The molecule has 0 bridgehead atoms. The minimum Gasteiger partial charge on any atom is -0.378 e. The van der Waals surface area contributed by atoms with Gasteiger partial charge in [-0.2, -0.15) is 0 Å². The van der Waals surface area contributed by atoms with Crippen molar-refractivity contribution in [2.24, 2.45) is 0 Å². The van der Waals surface area contributed by atoms with Crippen LogP contribution in [-0.2, 0) is 4.74 Å². The first kappa shape index (κ1) is 20.3. The van der Waals surface area contributed by atoms with Crippen molar-refractivity contribution >= 4 is 7.87 Å². The van der Waals surface area contributed by atoms with Crippen molar-refractivity contribution in [3.8, 4) is 0 Å². The average Bonchev–Trinajstić information content (AvgIpc) is 2.58. The van der Waals surface area contributed by atoms with Gasteiger partial charge >= 0.3 is 7.87 Å². The van der Waals surface area contributed by atoms with Gasteiger partial charge in [-0.1, -0.05) is 0 Å². The Labute approximate surface area is 139 Å². The fourth-order valence-electron chi connectivity index (χ4n) is 3.70. The molecule has 1 heterocycles. The number of morpholine rings is 1. The summed E-state index contributed by atoms with van der Waals surface area (Å²) in [5, 5.41) is 0. The second-order valence-corrected chi connectivity index (χ2v) is 8.86. The summed E-state index contributed by atoms with van der Waals surface area (Å²) in [6.07, 6.45) is 0. The highest BCUT2D eigenvalue weighted by atomic mass is 31.2. The van der Waals surface area contributed by atoms with Gasteiger partial charge in [0.2, 0.25) is 0 Å². The van der Waals surface area contributed by atoms with Crippen LogP contribution in [0.25, 0.3) is 0 Å². The van der Waals surface area contributed by atoms with E-state index in [1.54, 1.807) is 0 Å². The van der Waals surface area contributed by atoms with Gasteiger partial charge in [0.1, 0.15) is 0 Å². The minimum atomic E-state index is -1.65. The first-order valence-corrected chi connectivity index (χ1v) is 10.7. The van der Waals surface area contributed by atoms with Crippen LogP contribution in [0.2, 0.25) is 0 Å². The molecule has 22 heavy (non-hydrogen) atoms. The Morgan fingerprint density at radius 1 is 0.682 bits per heavy atom. The molecule has 0 spiro atoms. The smallest absolute Gasteiger partial charge is 0.308 e. The van der Waals surface area contributed by atoms with Crippen molar-refractivity contribution < 1.29 is 4.74 Å². The molecular weight excluding hydrogens is 295 g/mol. The Bertz CT molecular complexity index is 257. The van der Waals surface area contributed by atoms with Crippen LogP contribution < -0.4 is 0 Å². The highest BCUT2D eigenvalue weighted by Crippen LogP contribution is 2.69. The molecule has 1 rings (SSSR count). The molecule has 1 fully saturated rings. The molecule has 0 atom stereocenters. The molecule has 6 heteroatoms. The Morgan fingerprint density at radius 3 is 1.27 bits per heavy atom. The van der Waals surface area contributed by atoms with Crippen molar-refractivity contribution in [3.05, 3.63) is 0 Å². The average molecular weight is 333 g/mol. The van der Waals surface area contributed by atoms with Gasteiger partial charge in [0.25, 0.3) is 0 Å². The normalized spacial score (nSPS) is 17.9. The van der Waals surface area contributed by atoms with Crippen LogP contribution in [0.4, 0.5) is 0 Å². The van der Waals surface area contributed by atoms with E-state index in [0.29, 0.717) is 0 Å². The number of rotatable bonds is 10. The number of ether oxygens (including phenoxy) is 1. The van der Waals surface area contributed by atoms with E-state index in [1.807, 2.05) is 0 Å². The Hall–Kier alpha value is 0.230. The topological polar surface area (TPSA) is 22.2 Å². The molecule has 0 aromatic carbocycles. The number of nitrogens with zero attached hydrogens (tertiary/aromatic N) is 4. The lowest BCUT2D eigenvalue weighted by molar-refractivity contribution is 0.0619. The molecule has 0 aromatic rings. The van der Waals surface area contributed by atoms with Crippen molar-refractivity contribution in [2.45, 2.75) is 41.5 Å². The van der Waals surface area contributed by atoms with Crippen LogP contribution in [0.5, 0.6) is 0 Å². The molecule has 1 aliphatic rings. The maximum absolute atomic E-state index is 5.66. The second kappa shape index (κ2) is 10.2. The maximum Gasteiger partial charge on any atom is 0.308 e. The van der Waals surface area contributed by atoms with Gasteiger partial charge < -0.3 is 4.74 Å². The zero-order valence-electron chi connectivity index (χ0n) is 15.7. The molecule has 1 aliphatic heterocycles. The minimum absolute atomic E-state index is 0.867. The highest BCUT2D eigenvalue weighted by Gasteiger charge is 2.59. The van der Waals surface area contributed by atoms with Crippen molar-refractivity contribution in [3.63, 3.8) is 0 Å². The summed E-state index contributed by atoms with van der Waals surface area (Å²) in [6.45, 7) is 24.3. The van der Waals surface area contributed by atoms with Crippen LogP contribution in [-0.4, -0.2) is 84.3 Å². The molecule has 0 saturated carbocycles. The lowest BCUT2D eigenvalue weighted by Gasteiger charge is -2.51. The van der Waals surface area contributed by atoms with Crippen LogP contribution >= 0.6 is 7.87 Å². The predicted octanol–water partition coefficient (Wildman–Crippen LogP) is 3.02. The summed E-state index contributed by atoms with van der Waals surface area (Å²) in [4.78, 5) is 0. The molecule has 0 N–H and O–H groups in total. The molecule has 132 valence electrons. The fourth-order valence-corrected chi connectivity index (χ4v) is 8.83. The Balaban J connectivity index is 3.37. The molecule has 0 radical (unpaired) electrons. The highest BCUT2D eigenvalue weighted by molar-refractivity contribution is 7.66. The van der Waals surface area contributed by atoms with Crippen LogP contribution in [0.1, 0.15) is 41.5 Å². The van der Waals surface area contributed by atoms with Gasteiger partial charge in [-0.25, -0.2) is 0 Å². The van der Waals surface area contributed by atoms with Crippen LogP contribution in [0, 0.1) is 0 Å². The summed E-state index contributed by atoms with van der Waals surface area (Å²) >= 11 is 0. The third-order valence-electron chi connectivity index (χ3n) is 4.70. The zero-order valence-corrected chi connectivity index (χ0v) is 16.6. The Morgan fingerprint density at radius 2 is 1.00 bits per heavy atom. The van der Waals surface area contributed by atoms with Gasteiger partial charge in [-0.3, -0.25) is 0 Å². The monoisotopic (exact) mass is 333 g/mol. The second-order valence-electron chi connectivity index (χ2n) is 5.52. The summed E-state index contributed by atoms with van der Waals surface area (Å²) in [6, 6.07) is 0. The van der Waals surface area contributed by atoms with Gasteiger partial charge in [0.05, 0.1) is 26.3 Å². The van der Waals surface area contributed by atoms with E-state index >= 15 is 0 Å². The van der Waals surface area contributed by atoms with Crippen molar-refractivity contribution in [2.75, 3.05) is 65.6 Å². The van der Waals surface area contributed by atoms with Gasteiger partial charge in [-0.15, -0.1) is 18.7 Å². The quantitative estimate of drug-likeness (QED) is 0.572. The summed E-state index contributed by atoms with van der Waals surface area (Å²) in [5.74, 6) is 0. The van der Waals surface area contributed by atoms with Crippen molar-refractivity contribution in [1.29, 1.82) is 0 Å². The molecule has 0 unspecified atom stereocenters. The summed E-state index contributed by atoms with van der Waals surface area (Å²) in [5.41, 5.74) is 0. The largest absolute Gasteiger partial charge is 0.378 e. The maximum atomic E-state index is 5.66. The molecule has 0 amide bonds. The first-order valence-electron chi connectivity index (χ1n) is 9.15. The van der Waals surface area contributed by atoms with E-state index in [2.05, 4.69) is 60.2 Å². The number of hydrogen-bond acceptors (Lipinski definition) is 5. The predicted molar refractivity (Wildman–Crippen MR) is 98.1 cm³/mol. The van der Waals surface area contributed by atoms with Crippen LogP contribution in [0.3, 0.4) is 0 Å². The van der Waals surface area contributed by atoms with Crippen LogP contribution in [0.15, 0.2) is 0 Å². The summed E-state index contributed by atoms with van der Waals surface area (Å²) < 4.78 is 16.6. The SMILES string of the molecule is CCN(CC)[P+](N(CC)CC)(N(CC)CC)N1CCOCC1. The number of hydrogen-bond donors (Lipinski definition) is 0. The lowest BCUT2D eigenvalue weighted by Crippen LogP contribution is -2.55.